The highest BCUT2D eigenvalue weighted by Crippen LogP contribution is 2.38. The van der Waals surface area contributed by atoms with E-state index >= 15 is 0 Å². The van der Waals surface area contributed by atoms with Gasteiger partial charge in [-0.25, -0.2) is 4.39 Å². The van der Waals surface area contributed by atoms with Crippen molar-refractivity contribution in [3.05, 3.63) is 34.1 Å². The van der Waals surface area contributed by atoms with E-state index in [9.17, 15) is 9.18 Å². The largest absolute Gasteiger partial charge is 0.469 e. The molecule has 0 unspecified atom stereocenters. The lowest BCUT2D eigenvalue weighted by atomic mass is 9.78. The zero-order valence-electron chi connectivity index (χ0n) is 13.3. The van der Waals surface area contributed by atoms with Crippen molar-refractivity contribution in [2.45, 2.75) is 18.8 Å². The molecule has 2 saturated heterocycles. The lowest BCUT2D eigenvalue weighted by molar-refractivity contribution is -0.141. The zero-order valence-corrected chi connectivity index (χ0v) is 14.9. The molecule has 1 aromatic carbocycles. The first-order chi connectivity index (χ1) is 11.0. The Kier molecular flexibility index (Phi) is 5.04. The number of hydrogen-bond acceptors (Lipinski definition) is 4. The van der Waals surface area contributed by atoms with Gasteiger partial charge < -0.3 is 15.0 Å². The summed E-state index contributed by atoms with van der Waals surface area (Å²) in [6, 6.07) is 4.90. The Morgan fingerprint density at radius 1 is 1.52 bits per heavy atom. The smallest absolute Gasteiger partial charge is 0.306 e. The van der Waals surface area contributed by atoms with Crippen LogP contribution in [0.5, 0.6) is 0 Å². The van der Waals surface area contributed by atoms with Gasteiger partial charge in [-0.15, -0.1) is 0 Å². The van der Waals surface area contributed by atoms with Gasteiger partial charge in [0.2, 0.25) is 0 Å². The molecule has 0 aromatic heterocycles. The summed E-state index contributed by atoms with van der Waals surface area (Å²) in [5.41, 5.74) is 0.973. The number of benzene rings is 1. The van der Waals surface area contributed by atoms with Gasteiger partial charge in [0, 0.05) is 42.0 Å². The van der Waals surface area contributed by atoms with Crippen LogP contribution in [0, 0.1) is 11.2 Å². The quantitative estimate of drug-likeness (QED) is 0.792. The first-order valence-electron chi connectivity index (χ1n) is 7.96. The molecular formula is C17H22BrFN2O2. The number of rotatable bonds is 5. The van der Waals surface area contributed by atoms with Crippen molar-refractivity contribution in [3.63, 3.8) is 0 Å². The van der Waals surface area contributed by atoms with Crippen LogP contribution in [0.15, 0.2) is 22.7 Å². The molecule has 4 nitrogen and oxygen atoms in total. The number of nitrogens with zero attached hydrogens (tertiary/aromatic N) is 1. The van der Waals surface area contributed by atoms with E-state index in [1.165, 1.54) is 19.6 Å². The van der Waals surface area contributed by atoms with Crippen molar-refractivity contribution in [3.8, 4) is 0 Å². The second-order valence-corrected chi connectivity index (χ2v) is 7.66. The highest BCUT2D eigenvalue weighted by molar-refractivity contribution is 9.10. The second kappa shape index (κ2) is 6.87. The second-order valence-electron chi connectivity index (χ2n) is 6.74. The first-order valence-corrected chi connectivity index (χ1v) is 8.75. The van der Waals surface area contributed by atoms with E-state index < -0.39 is 0 Å². The number of carbonyl (C=O) groups is 1. The average molecular weight is 385 g/mol. The van der Waals surface area contributed by atoms with Crippen molar-refractivity contribution < 1.29 is 13.9 Å². The van der Waals surface area contributed by atoms with E-state index in [2.05, 4.69) is 26.1 Å². The Balaban J connectivity index is 1.71. The molecule has 1 N–H and O–H groups in total. The molecule has 0 bridgehead atoms. The minimum Gasteiger partial charge on any atom is -0.469 e. The maximum absolute atomic E-state index is 14.2. The van der Waals surface area contributed by atoms with Crippen LogP contribution in [0.1, 0.15) is 24.3 Å². The van der Waals surface area contributed by atoms with E-state index in [1.54, 1.807) is 12.1 Å². The standard InChI is InChI=1S/C17H22BrFN2O2/c1-23-16(22)6-12(14-7-13(18)2-3-15(14)19)8-21-10-17(11-21)4-5-20-9-17/h2-3,7,12,20H,4-6,8-11H2,1H3/t12-/m1/s1. The van der Waals surface area contributed by atoms with Crippen LogP contribution in [-0.2, 0) is 9.53 Å². The molecule has 0 radical (unpaired) electrons. The van der Waals surface area contributed by atoms with Crippen LogP contribution in [0.3, 0.4) is 0 Å². The number of esters is 1. The molecule has 126 valence electrons. The molecule has 2 aliphatic heterocycles. The van der Waals surface area contributed by atoms with Crippen LogP contribution in [0.4, 0.5) is 4.39 Å². The van der Waals surface area contributed by atoms with Crippen LogP contribution in [0.2, 0.25) is 0 Å². The van der Waals surface area contributed by atoms with E-state index in [0.29, 0.717) is 17.5 Å². The Hall–Kier alpha value is -0.980. The van der Waals surface area contributed by atoms with E-state index in [4.69, 9.17) is 4.74 Å². The van der Waals surface area contributed by atoms with Crippen molar-refractivity contribution in [1.82, 2.24) is 10.2 Å². The Bertz CT molecular complexity index is 582. The Morgan fingerprint density at radius 3 is 2.96 bits per heavy atom. The van der Waals surface area contributed by atoms with Gasteiger partial charge >= 0.3 is 5.97 Å². The molecule has 1 spiro atoms. The Morgan fingerprint density at radius 2 is 2.30 bits per heavy atom. The van der Waals surface area contributed by atoms with Gasteiger partial charge in [0.25, 0.3) is 0 Å². The molecule has 0 amide bonds. The van der Waals surface area contributed by atoms with Gasteiger partial charge in [-0.3, -0.25) is 4.79 Å². The van der Waals surface area contributed by atoms with Gasteiger partial charge in [-0.2, -0.15) is 0 Å². The summed E-state index contributed by atoms with van der Waals surface area (Å²) >= 11 is 3.39. The Labute approximate surface area is 144 Å². The van der Waals surface area contributed by atoms with Crippen LogP contribution in [-0.4, -0.2) is 50.7 Å². The summed E-state index contributed by atoms with van der Waals surface area (Å²) in [4.78, 5) is 14.1. The van der Waals surface area contributed by atoms with Gasteiger partial charge in [0.05, 0.1) is 13.5 Å². The van der Waals surface area contributed by atoms with Crippen molar-refractivity contribution in [2.75, 3.05) is 39.8 Å². The lowest BCUT2D eigenvalue weighted by Gasteiger charge is -2.49. The summed E-state index contributed by atoms with van der Waals surface area (Å²) < 4.78 is 19.9. The molecule has 23 heavy (non-hydrogen) atoms. The fourth-order valence-corrected chi connectivity index (χ4v) is 4.17. The molecule has 2 fully saturated rings. The third-order valence-electron chi connectivity index (χ3n) is 4.97. The first kappa shape index (κ1) is 16.9. The molecule has 6 heteroatoms. The normalized spacial score (nSPS) is 21.2. The van der Waals surface area contributed by atoms with Gasteiger partial charge in [0.1, 0.15) is 5.82 Å². The summed E-state index contributed by atoms with van der Waals surface area (Å²) in [5.74, 6) is -0.751. The number of nitrogens with one attached hydrogen (secondary N) is 1. The highest BCUT2D eigenvalue weighted by Gasteiger charge is 2.45. The third-order valence-corrected chi connectivity index (χ3v) is 5.46. The SMILES string of the molecule is COC(=O)C[C@H](CN1CC2(CCNC2)C1)c1cc(Br)ccc1F. The number of methoxy groups -OCH3 is 1. The molecule has 2 aliphatic rings. The number of hydrogen-bond donors (Lipinski definition) is 1. The highest BCUT2D eigenvalue weighted by atomic mass is 79.9. The predicted molar refractivity (Wildman–Crippen MR) is 89.8 cm³/mol. The number of ether oxygens (including phenoxy) is 1. The molecule has 0 aliphatic carbocycles. The average Bonchev–Trinajstić information content (AvgIpc) is 2.98. The summed E-state index contributed by atoms with van der Waals surface area (Å²) in [5, 5.41) is 3.41. The fraction of sp³-hybridized carbons (Fsp3) is 0.588. The van der Waals surface area contributed by atoms with Crippen molar-refractivity contribution >= 4 is 21.9 Å². The van der Waals surface area contributed by atoms with Gasteiger partial charge in [0.15, 0.2) is 0 Å². The molecular weight excluding hydrogens is 363 g/mol. The van der Waals surface area contributed by atoms with Crippen LogP contribution >= 0.6 is 15.9 Å². The molecule has 1 aromatic rings. The fourth-order valence-electron chi connectivity index (χ4n) is 3.79. The maximum atomic E-state index is 14.2. The third kappa shape index (κ3) is 3.75. The maximum Gasteiger partial charge on any atom is 0.306 e. The minimum atomic E-state index is -0.299. The monoisotopic (exact) mass is 384 g/mol. The number of carbonyl (C=O) groups excluding carboxylic acids is 1. The van der Waals surface area contributed by atoms with Crippen molar-refractivity contribution in [2.24, 2.45) is 5.41 Å². The number of likely N-dealkylation sites (tertiary alicyclic amines) is 1. The predicted octanol–water partition coefficient (Wildman–Crippen LogP) is 2.53. The molecule has 0 saturated carbocycles. The van der Waals surface area contributed by atoms with Crippen molar-refractivity contribution in [1.29, 1.82) is 0 Å². The molecule has 3 rings (SSSR count). The molecule has 1 atom stereocenters. The molecule has 2 heterocycles. The van der Waals surface area contributed by atoms with E-state index in [0.717, 1.165) is 30.7 Å². The van der Waals surface area contributed by atoms with E-state index in [-0.39, 0.29) is 24.1 Å². The number of halogens is 2. The topological polar surface area (TPSA) is 41.6 Å². The van der Waals surface area contributed by atoms with Gasteiger partial charge in [-0.05, 0) is 36.7 Å². The summed E-state index contributed by atoms with van der Waals surface area (Å²) in [6.07, 6.45) is 1.40. The minimum absolute atomic E-state index is 0.188. The van der Waals surface area contributed by atoms with Crippen LogP contribution < -0.4 is 5.32 Å². The lowest BCUT2D eigenvalue weighted by Crippen LogP contribution is -2.58. The summed E-state index contributed by atoms with van der Waals surface area (Å²) in [7, 11) is 1.37. The van der Waals surface area contributed by atoms with Crippen LogP contribution in [0.25, 0.3) is 0 Å². The summed E-state index contributed by atoms with van der Waals surface area (Å²) in [6.45, 7) is 4.88. The van der Waals surface area contributed by atoms with E-state index in [1.807, 2.05) is 0 Å². The zero-order chi connectivity index (χ0) is 16.4. The van der Waals surface area contributed by atoms with Gasteiger partial charge in [-0.1, -0.05) is 15.9 Å².